The number of hydrogen-bond donors (Lipinski definition) is 0. The van der Waals surface area contributed by atoms with Gasteiger partial charge in [0.1, 0.15) is 0 Å². The number of hydrogen-bond acceptors (Lipinski definition) is 2. The Bertz CT molecular complexity index is 532. The smallest absolute Gasteiger partial charge is 0.0998 e. The fourth-order valence-electron chi connectivity index (χ4n) is 1.71. The molecule has 1 heterocycles. The van der Waals surface area contributed by atoms with Crippen LogP contribution < -0.4 is 0 Å². The number of nitriles is 1. The van der Waals surface area contributed by atoms with E-state index >= 15 is 0 Å². The monoisotopic (exact) mass is 213 g/mol. The van der Waals surface area contributed by atoms with Gasteiger partial charge in [-0.05, 0) is 31.5 Å². The van der Waals surface area contributed by atoms with Gasteiger partial charge in [0.05, 0.1) is 11.6 Å². The van der Waals surface area contributed by atoms with E-state index in [4.69, 9.17) is 5.26 Å². The second-order valence-corrected chi connectivity index (χ2v) is 4.94. The van der Waals surface area contributed by atoms with Gasteiger partial charge in [-0.3, -0.25) is 0 Å². The van der Waals surface area contributed by atoms with Gasteiger partial charge in [0.15, 0.2) is 0 Å². The van der Waals surface area contributed by atoms with Crippen molar-refractivity contribution in [1.82, 2.24) is 0 Å². The highest BCUT2D eigenvalue weighted by Gasteiger charge is 2.08. The molecule has 0 aliphatic rings. The summed E-state index contributed by atoms with van der Waals surface area (Å²) >= 11 is 1.77. The van der Waals surface area contributed by atoms with Crippen LogP contribution in [-0.4, -0.2) is 0 Å². The van der Waals surface area contributed by atoms with Crippen molar-refractivity contribution in [2.24, 2.45) is 0 Å². The lowest BCUT2D eigenvalue weighted by Crippen LogP contribution is -1.82. The maximum Gasteiger partial charge on any atom is 0.0998 e. The van der Waals surface area contributed by atoms with Gasteiger partial charge in [-0.2, -0.15) is 5.26 Å². The maximum absolute atomic E-state index is 9.03. The maximum atomic E-state index is 9.03. The van der Waals surface area contributed by atoms with Crippen LogP contribution in [0.3, 0.4) is 0 Å². The van der Waals surface area contributed by atoms with Crippen LogP contribution in [0.2, 0.25) is 0 Å². The Morgan fingerprint density at radius 1 is 1.13 bits per heavy atom. The minimum absolute atomic E-state index is 0.749. The first kappa shape index (κ1) is 9.95. The van der Waals surface area contributed by atoms with E-state index < -0.39 is 0 Å². The molecule has 0 aliphatic carbocycles. The molecule has 1 aromatic heterocycles. The average molecular weight is 213 g/mol. The molecule has 0 atom stereocenters. The van der Waals surface area contributed by atoms with Crippen molar-refractivity contribution in [3.63, 3.8) is 0 Å². The molecule has 74 valence electrons. The highest BCUT2D eigenvalue weighted by atomic mass is 32.1. The highest BCUT2D eigenvalue weighted by Crippen LogP contribution is 2.32. The van der Waals surface area contributed by atoms with E-state index in [1.165, 1.54) is 15.3 Å². The van der Waals surface area contributed by atoms with Crippen LogP contribution >= 0.6 is 11.3 Å². The molecule has 0 amide bonds. The molecule has 2 aromatic rings. The molecule has 0 N–H and O–H groups in total. The van der Waals surface area contributed by atoms with Crippen LogP contribution in [0.1, 0.15) is 15.3 Å². The Hall–Kier alpha value is -1.59. The van der Waals surface area contributed by atoms with Gasteiger partial charge in [-0.15, -0.1) is 11.3 Å². The number of nitrogens with zero attached hydrogens (tertiary/aromatic N) is 1. The van der Waals surface area contributed by atoms with E-state index in [2.05, 4.69) is 26.0 Å². The standard InChI is InChI=1S/C13H11NS/c1-9-7-13(10(2)15-9)12-6-4-3-5-11(12)8-14/h3-7H,1-2H3. The topological polar surface area (TPSA) is 23.8 Å². The fourth-order valence-corrected chi connectivity index (χ4v) is 2.65. The fraction of sp³-hybridized carbons (Fsp3) is 0.154. The minimum Gasteiger partial charge on any atom is -0.192 e. The summed E-state index contributed by atoms with van der Waals surface area (Å²) in [6, 6.07) is 12.1. The average Bonchev–Trinajstić information content (AvgIpc) is 2.57. The number of benzene rings is 1. The van der Waals surface area contributed by atoms with Crippen LogP contribution in [0.25, 0.3) is 11.1 Å². The van der Waals surface area contributed by atoms with Gasteiger partial charge >= 0.3 is 0 Å². The zero-order valence-electron chi connectivity index (χ0n) is 8.74. The molecule has 0 saturated heterocycles. The predicted octanol–water partition coefficient (Wildman–Crippen LogP) is 3.90. The van der Waals surface area contributed by atoms with Crippen molar-refractivity contribution in [2.45, 2.75) is 13.8 Å². The molecule has 0 spiro atoms. The minimum atomic E-state index is 0.749. The van der Waals surface area contributed by atoms with Crippen LogP contribution in [-0.2, 0) is 0 Å². The van der Waals surface area contributed by atoms with Crippen LogP contribution in [0.15, 0.2) is 30.3 Å². The van der Waals surface area contributed by atoms with Crippen molar-refractivity contribution >= 4 is 11.3 Å². The zero-order valence-corrected chi connectivity index (χ0v) is 9.56. The number of aryl methyl sites for hydroxylation is 2. The summed E-state index contributed by atoms with van der Waals surface area (Å²) in [5, 5.41) is 9.03. The Balaban J connectivity index is 2.64. The van der Waals surface area contributed by atoms with E-state index in [-0.39, 0.29) is 0 Å². The van der Waals surface area contributed by atoms with Crippen molar-refractivity contribution in [3.8, 4) is 17.2 Å². The highest BCUT2D eigenvalue weighted by molar-refractivity contribution is 7.12. The largest absolute Gasteiger partial charge is 0.192 e. The first-order valence-corrected chi connectivity index (χ1v) is 5.60. The van der Waals surface area contributed by atoms with Gasteiger partial charge in [0.25, 0.3) is 0 Å². The number of rotatable bonds is 1. The quantitative estimate of drug-likeness (QED) is 0.704. The van der Waals surface area contributed by atoms with E-state index in [0.717, 1.165) is 11.1 Å². The Labute approximate surface area is 93.6 Å². The molecular formula is C13H11NS. The lowest BCUT2D eigenvalue weighted by atomic mass is 10.0. The normalized spacial score (nSPS) is 9.93. The molecule has 0 saturated carbocycles. The van der Waals surface area contributed by atoms with Crippen molar-refractivity contribution in [3.05, 3.63) is 45.6 Å². The lowest BCUT2D eigenvalue weighted by molar-refractivity contribution is 1.47. The third-order valence-electron chi connectivity index (χ3n) is 2.38. The summed E-state index contributed by atoms with van der Waals surface area (Å²) in [6.45, 7) is 4.19. The first-order valence-electron chi connectivity index (χ1n) is 4.79. The molecule has 2 rings (SSSR count). The second kappa shape index (κ2) is 3.88. The van der Waals surface area contributed by atoms with E-state index in [1.54, 1.807) is 11.3 Å². The van der Waals surface area contributed by atoms with Gasteiger partial charge in [-0.1, -0.05) is 18.2 Å². The third-order valence-corrected chi connectivity index (χ3v) is 3.34. The summed E-state index contributed by atoms with van der Waals surface area (Å²) in [5.74, 6) is 0. The summed E-state index contributed by atoms with van der Waals surface area (Å²) < 4.78 is 0. The molecule has 0 fully saturated rings. The van der Waals surface area contributed by atoms with Crippen LogP contribution in [0, 0.1) is 25.2 Å². The summed E-state index contributed by atoms with van der Waals surface area (Å²) in [4.78, 5) is 2.56. The molecular weight excluding hydrogens is 202 g/mol. The zero-order chi connectivity index (χ0) is 10.8. The Morgan fingerprint density at radius 3 is 2.47 bits per heavy atom. The third kappa shape index (κ3) is 1.79. The van der Waals surface area contributed by atoms with Crippen molar-refractivity contribution < 1.29 is 0 Å². The summed E-state index contributed by atoms with van der Waals surface area (Å²) in [5.41, 5.74) is 2.98. The molecule has 0 radical (unpaired) electrons. The molecule has 0 unspecified atom stereocenters. The van der Waals surface area contributed by atoms with Crippen LogP contribution in [0.4, 0.5) is 0 Å². The Morgan fingerprint density at radius 2 is 1.87 bits per heavy atom. The first-order chi connectivity index (χ1) is 7.22. The molecule has 1 aromatic carbocycles. The van der Waals surface area contributed by atoms with Crippen molar-refractivity contribution in [2.75, 3.05) is 0 Å². The van der Waals surface area contributed by atoms with E-state index in [0.29, 0.717) is 0 Å². The van der Waals surface area contributed by atoms with Gasteiger partial charge in [-0.25, -0.2) is 0 Å². The molecule has 15 heavy (non-hydrogen) atoms. The van der Waals surface area contributed by atoms with Gasteiger partial charge in [0.2, 0.25) is 0 Å². The second-order valence-electron chi connectivity index (χ2n) is 3.48. The van der Waals surface area contributed by atoms with Crippen LogP contribution in [0.5, 0.6) is 0 Å². The summed E-state index contributed by atoms with van der Waals surface area (Å²) in [7, 11) is 0. The molecule has 0 aliphatic heterocycles. The molecule has 1 nitrogen and oxygen atoms in total. The SMILES string of the molecule is Cc1cc(-c2ccccc2C#N)c(C)s1. The number of thiophene rings is 1. The predicted molar refractivity (Wildman–Crippen MR) is 63.9 cm³/mol. The lowest BCUT2D eigenvalue weighted by Gasteiger charge is -2.01. The molecule has 0 bridgehead atoms. The van der Waals surface area contributed by atoms with Gasteiger partial charge < -0.3 is 0 Å². The Kier molecular flexibility index (Phi) is 2.57. The molecule has 2 heteroatoms. The van der Waals surface area contributed by atoms with Crippen molar-refractivity contribution in [1.29, 1.82) is 5.26 Å². The van der Waals surface area contributed by atoms with E-state index in [1.807, 2.05) is 24.3 Å². The van der Waals surface area contributed by atoms with E-state index in [9.17, 15) is 0 Å². The summed E-state index contributed by atoms with van der Waals surface area (Å²) in [6.07, 6.45) is 0. The van der Waals surface area contributed by atoms with Gasteiger partial charge in [0, 0.05) is 15.3 Å².